The van der Waals surface area contributed by atoms with Gasteiger partial charge in [-0.15, -0.1) is 0 Å². The van der Waals surface area contributed by atoms with Crippen LogP contribution < -0.4 is 5.32 Å². The number of amides is 3. The van der Waals surface area contributed by atoms with Gasteiger partial charge in [0.2, 0.25) is 5.91 Å². The second kappa shape index (κ2) is 11.8. The lowest BCUT2D eigenvalue weighted by Crippen LogP contribution is -2.49. The van der Waals surface area contributed by atoms with Crippen molar-refractivity contribution in [2.75, 3.05) is 20.1 Å². The van der Waals surface area contributed by atoms with Crippen molar-refractivity contribution < 1.29 is 35.9 Å². The summed E-state index contributed by atoms with van der Waals surface area (Å²) in [5, 5.41) is 2.70. The number of likely N-dealkylation sites (N-methyl/N-ethyl adjacent to an activating group) is 1. The minimum atomic E-state index is -4.98. The van der Waals surface area contributed by atoms with Crippen molar-refractivity contribution in [2.24, 2.45) is 0 Å². The van der Waals surface area contributed by atoms with Gasteiger partial charge in [-0.05, 0) is 51.0 Å². The molecule has 0 fully saturated rings. The van der Waals surface area contributed by atoms with Crippen LogP contribution in [0.25, 0.3) is 0 Å². The van der Waals surface area contributed by atoms with E-state index in [0.29, 0.717) is 18.6 Å². The van der Waals surface area contributed by atoms with Gasteiger partial charge in [-0.25, -0.2) is 4.79 Å². The number of nitrogens with one attached hydrogen (secondary N) is 1. The van der Waals surface area contributed by atoms with Gasteiger partial charge in [0.15, 0.2) is 0 Å². The Morgan fingerprint density at radius 3 is 1.85 bits per heavy atom. The molecule has 0 saturated heterocycles. The molecular formula is C23H33F6N3O2. The summed E-state index contributed by atoms with van der Waals surface area (Å²) in [6, 6.07) is 0.633. The fourth-order valence-corrected chi connectivity index (χ4v) is 3.29. The molecule has 0 aliphatic heterocycles. The van der Waals surface area contributed by atoms with Crippen molar-refractivity contribution in [1.82, 2.24) is 15.1 Å². The molecule has 0 aliphatic rings. The third kappa shape index (κ3) is 10.2. The van der Waals surface area contributed by atoms with E-state index in [1.165, 1.54) is 11.9 Å². The van der Waals surface area contributed by atoms with Crippen LogP contribution in [-0.4, -0.2) is 47.4 Å². The van der Waals surface area contributed by atoms with E-state index in [4.69, 9.17) is 0 Å². The number of halogens is 6. The van der Waals surface area contributed by atoms with Crippen LogP contribution in [0.15, 0.2) is 18.2 Å². The van der Waals surface area contributed by atoms with Gasteiger partial charge in [0.05, 0.1) is 11.1 Å². The van der Waals surface area contributed by atoms with E-state index < -0.39 is 47.5 Å². The molecule has 194 valence electrons. The van der Waals surface area contributed by atoms with Gasteiger partial charge in [0.1, 0.15) is 6.54 Å². The van der Waals surface area contributed by atoms with Crippen LogP contribution >= 0.6 is 0 Å². The van der Waals surface area contributed by atoms with E-state index >= 15 is 0 Å². The highest BCUT2D eigenvalue weighted by Gasteiger charge is 2.37. The average Bonchev–Trinajstić information content (AvgIpc) is 2.66. The van der Waals surface area contributed by atoms with E-state index in [-0.39, 0.29) is 24.7 Å². The maximum atomic E-state index is 13.2. The van der Waals surface area contributed by atoms with Gasteiger partial charge < -0.3 is 15.1 Å². The number of carbonyl (C=O) groups excluding carboxylic acids is 2. The van der Waals surface area contributed by atoms with Crippen molar-refractivity contribution in [3.8, 4) is 0 Å². The Kier molecular flexibility index (Phi) is 10.3. The van der Waals surface area contributed by atoms with Gasteiger partial charge in [-0.3, -0.25) is 4.79 Å². The van der Waals surface area contributed by atoms with Gasteiger partial charge in [-0.1, -0.05) is 26.2 Å². The summed E-state index contributed by atoms with van der Waals surface area (Å²) in [5.74, 6) is -0.437. The molecule has 1 aromatic rings. The number of hydrogen-bond donors (Lipinski definition) is 1. The Balaban J connectivity index is 3.19. The number of unbranched alkanes of at least 4 members (excludes halogenated alkanes) is 3. The summed E-state index contributed by atoms with van der Waals surface area (Å²) in [5.41, 5.74) is -3.70. The largest absolute Gasteiger partial charge is 0.416 e. The number of alkyl halides is 6. The van der Waals surface area contributed by atoms with Gasteiger partial charge >= 0.3 is 18.4 Å². The van der Waals surface area contributed by atoms with Crippen LogP contribution in [0.3, 0.4) is 0 Å². The Bertz CT molecular complexity index is 799. The van der Waals surface area contributed by atoms with Crippen molar-refractivity contribution in [3.05, 3.63) is 34.9 Å². The number of rotatable bonds is 9. The summed E-state index contributed by atoms with van der Waals surface area (Å²) in [6.07, 6.45) is -6.92. The highest BCUT2D eigenvalue weighted by atomic mass is 19.4. The van der Waals surface area contributed by atoms with Crippen molar-refractivity contribution >= 4 is 11.9 Å². The van der Waals surface area contributed by atoms with Crippen LogP contribution in [0.1, 0.15) is 70.1 Å². The van der Waals surface area contributed by atoms with Crippen LogP contribution in [0, 0.1) is 0 Å². The van der Waals surface area contributed by atoms with Gasteiger partial charge in [-0.2, -0.15) is 26.3 Å². The molecular weight excluding hydrogens is 464 g/mol. The molecule has 0 unspecified atom stereocenters. The lowest BCUT2D eigenvalue weighted by Gasteiger charge is -2.29. The number of carbonyl (C=O) groups is 2. The molecule has 34 heavy (non-hydrogen) atoms. The standard InChI is InChI=1S/C23H33F6N3O2/c1-6-7-8-9-10-32(20(34)31(5)15-19(33)30-21(2,3)4)14-16-11-17(22(24,25)26)13-18(12-16)23(27,28)29/h11-13H,6-10,14-15H2,1-5H3,(H,30,33). The smallest absolute Gasteiger partial charge is 0.350 e. The molecule has 0 saturated carbocycles. The molecule has 0 radical (unpaired) electrons. The minimum absolute atomic E-state index is 0.0554. The molecule has 1 aromatic carbocycles. The van der Waals surface area contributed by atoms with E-state index in [2.05, 4.69) is 5.32 Å². The fraction of sp³-hybridized carbons (Fsp3) is 0.652. The van der Waals surface area contributed by atoms with Gasteiger partial charge in [0, 0.05) is 25.7 Å². The first kappa shape index (κ1) is 29.6. The zero-order valence-corrected chi connectivity index (χ0v) is 20.2. The molecule has 3 amide bonds. The van der Waals surface area contributed by atoms with Crippen LogP contribution in [-0.2, 0) is 23.7 Å². The summed E-state index contributed by atoms with van der Waals surface area (Å²) in [7, 11) is 1.36. The molecule has 11 heteroatoms. The van der Waals surface area contributed by atoms with E-state index in [1.54, 1.807) is 20.8 Å². The second-order valence-electron chi connectivity index (χ2n) is 9.33. The molecule has 1 rings (SSSR count). The minimum Gasteiger partial charge on any atom is -0.350 e. The summed E-state index contributed by atoms with van der Waals surface area (Å²) < 4.78 is 79.4. The van der Waals surface area contributed by atoms with Gasteiger partial charge in [0.25, 0.3) is 0 Å². The molecule has 5 nitrogen and oxygen atoms in total. The Morgan fingerprint density at radius 2 is 1.41 bits per heavy atom. The topological polar surface area (TPSA) is 52.7 Å². The molecule has 0 heterocycles. The summed E-state index contributed by atoms with van der Waals surface area (Å²) >= 11 is 0. The van der Waals surface area contributed by atoms with Crippen LogP contribution in [0.4, 0.5) is 31.1 Å². The average molecular weight is 498 g/mol. The number of benzene rings is 1. The first-order valence-electron chi connectivity index (χ1n) is 11.0. The molecule has 1 N–H and O–H groups in total. The van der Waals surface area contributed by atoms with E-state index in [1.807, 2.05) is 6.92 Å². The quantitative estimate of drug-likeness (QED) is 0.333. The predicted molar refractivity (Wildman–Crippen MR) is 117 cm³/mol. The maximum absolute atomic E-state index is 13.2. The van der Waals surface area contributed by atoms with Crippen molar-refractivity contribution in [3.63, 3.8) is 0 Å². The predicted octanol–water partition coefficient (Wildman–Crippen LogP) is 6.07. The molecule has 0 atom stereocenters. The molecule has 0 spiro atoms. The highest BCUT2D eigenvalue weighted by Crippen LogP contribution is 2.36. The zero-order valence-electron chi connectivity index (χ0n) is 20.2. The lowest BCUT2D eigenvalue weighted by molar-refractivity contribution is -0.143. The maximum Gasteiger partial charge on any atom is 0.416 e. The number of nitrogens with zero attached hydrogens (tertiary/aromatic N) is 2. The first-order chi connectivity index (χ1) is 15.4. The number of urea groups is 1. The summed E-state index contributed by atoms with van der Waals surface area (Å²) in [4.78, 5) is 27.5. The monoisotopic (exact) mass is 497 g/mol. The molecule has 0 bridgehead atoms. The third-order valence-electron chi connectivity index (χ3n) is 4.79. The summed E-state index contributed by atoms with van der Waals surface area (Å²) in [6.45, 7) is 6.63. The van der Waals surface area contributed by atoms with Crippen molar-refractivity contribution in [1.29, 1.82) is 0 Å². The molecule has 0 aliphatic carbocycles. The number of hydrogen-bond acceptors (Lipinski definition) is 2. The Morgan fingerprint density at radius 1 is 0.882 bits per heavy atom. The molecule has 0 aromatic heterocycles. The normalized spacial score (nSPS) is 12.4. The SMILES string of the molecule is CCCCCCN(Cc1cc(C(F)(F)F)cc(C(F)(F)F)c1)C(=O)N(C)CC(=O)NC(C)(C)C. The Labute approximate surface area is 196 Å². The highest BCUT2D eigenvalue weighted by molar-refractivity contribution is 5.84. The lowest BCUT2D eigenvalue weighted by atomic mass is 10.0. The fourth-order valence-electron chi connectivity index (χ4n) is 3.29. The Hall–Kier alpha value is -2.46. The van der Waals surface area contributed by atoms with Crippen LogP contribution in [0.5, 0.6) is 0 Å². The van der Waals surface area contributed by atoms with E-state index in [9.17, 15) is 35.9 Å². The van der Waals surface area contributed by atoms with Crippen LogP contribution in [0.2, 0.25) is 0 Å². The second-order valence-corrected chi connectivity index (χ2v) is 9.33. The van der Waals surface area contributed by atoms with Crippen molar-refractivity contribution in [2.45, 2.75) is 77.8 Å². The van der Waals surface area contributed by atoms with E-state index in [0.717, 1.165) is 24.2 Å². The third-order valence-corrected chi connectivity index (χ3v) is 4.79. The zero-order chi connectivity index (χ0) is 26.3. The first-order valence-corrected chi connectivity index (χ1v) is 11.0.